The molecule has 1 aromatic carbocycles. The SMILES string of the molecule is CC1CC1CNC(=O)c1cccc([N+](=O)[O-])c1N. The minimum Gasteiger partial charge on any atom is -0.393 e. The lowest BCUT2D eigenvalue weighted by Gasteiger charge is -2.07. The number of nitrogen functional groups attached to an aromatic ring is 1. The Morgan fingerprint density at radius 2 is 2.28 bits per heavy atom. The quantitative estimate of drug-likeness (QED) is 0.480. The molecule has 1 aromatic rings. The summed E-state index contributed by atoms with van der Waals surface area (Å²) in [5.74, 6) is 0.817. The van der Waals surface area contributed by atoms with Crippen LogP contribution >= 0.6 is 0 Å². The zero-order chi connectivity index (χ0) is 13.3. The molecular formula is C12H15N3O3. The van der Waals surface area contributed by atoms with E-state index in [4.69, 9.17) is 5.73 Å². The Hall–Kier alpha value is -2.11. The van der Waals surface area contributed by atoms with Gasteiger partial charge in [-0.05, 0) is 24.3 Å². The van der Waals surface area contributed by atoms with Crippen molar-refractivity contribution in [2.75, 3.05) is 12.3 Å². The van der Waals surface area contributed by atoms with Crippen LogP contribution in [0.4, 0.5) is 11.4 Å². The largest absolute Gasteiger partial charge is 0.393 e. The Bertz CT molecular complexity index is 501. The molecule has 1 amide bonds. The summed E-state index contributed by atoms with van der Waals surface area (Å²) in [6.45, 7) is 2.72. The average molecular weight is 249 g/mol. The molecule has 6 nitrogen and oxygen atoms in total. The van der Waals surface area contributed by atoms with E-state index in [1.165, 1.54) is 18.2 Å². The standard InChI is InChI=1S/C12H15N3O3/c1-7-5-8(7)6-14-12(16)9-3-2-4-10(11(9)13)15(17)18/h2-4,7-8H,5-6,13H2,1H3,(H,14,16). The van der Waals surface area contributed by atoms with Gasteiger partial charge in [-0.25, -0.2) is 0 Å². The molecule has 0 aromatic heterocycles. The lowest BCUT2D eigenvalue weighted by Crippen LogP contribution is -2.26. The molecule has 0 bridgehead atoms. The van der Waals surface area contributed by atoms with Gasteiger partial charge in [0.05, 0.1) is 10.5 Å². The molecule has 0 saturated heterocycles. The first-order valence-electron chi connectivity index (χ1n) is 5.81. The summed E-state index contributed by atoms with van der Waals surface area (Å²) >= 11 is 0. The molecule has 3 N–H and O–H groups in total. The molecule has 1 saturated carbocycles. The van der Waals surface area contributed by atoms with Gasteiger partial charge in [0.1, 0.15) is 5.69 Å². The van der Waals surface area contributed by atoms with Gasteiger partial charge >= 0.3 is 0 Å². The molecular weight excluding hydrogens is 234 g/mol. The van der Waals surface area contributed by atoms with E-state index in [0.29, 0.717) is 18.4 Å². The Labute approximate surface area is 104 Å². The molecule has 0 spiro atoms. The Morgan fingerprint density at radius 1 is 1.61 bits per heavy atom. The average Bonchev–Trinajstić information content (AvgIpc) is 3.02. The monoisotopic (exact) mass is 249 g/mol. The van der Waals surface area contributed by atoms with Gasteiger partial charge in [0, 0.05) is 12.6 Å². The van der Waals surface area contributed by atoms with E-state index >= 15 is 0 Å². The predicted octanol–water partition coefficient (Wildman–Crippen LogP) is 1.56. The number of nitro benzene ring substituents is 1. The smallest absolute Gasteiger partial charge is 0.292 e. The van der Waals surface area contributed by atoms with Crippen molar-refractivity contribution in [3.63, 3.8) is 0 Å². The van der Waals surface area contributed by atoms with E-state index in [1.54, 1.807) is 0 Å². The maximum atomic E-state index is 11.9. The molecule has 0 aliphatic heterocycles. The van der Waals surface area contributed by atoms with Crippen molar-refractivity contribution in [2.24, 2.45) is 11.8 Å². The molecule has 2 atom stereocenters. The molecule has 0 heterocycles. The van der Waals surface area contributed by atoms with E-state index in [1.807, 2.05) is 0 Å². The predicted molar refractivity (Wildman–Crippen MR) is 67.1 cm³/mol. The van der Waals surface area contributed by atoms with Crippen molar-refractivity contribution in [3.8, 4) is 0 Å². The number of rotatable bonds is 4. The lowest BCUT2D eigenvalue weighted by atomic mass is 10.1. The van der Waals surface area contributed by atoms with Crippen molar-refractivity contribution in [1.82, 2.24) is 5.32 Å². The van der Waals surface area contributed by atoms with Crippen molar-refractivity contribution in [1.29, 1.82) is 0 Å². The number of hydrogen-bond donors (Lipinski definition) is 2. The fourth-order valence-corrected chi connectivity index (χ4v) is 1.91. The summed E-state index contributed by atoms with van der Waals surface area (Å²) in [5, 5.41) is 13.5. The third-order valence-corrected chi connectivity index (χ3v) is 3.33. The van der Waals surface area contributed by atoms with Gasteiger partial charge in [-0.2, -0.15) is 0 Å². The first kappa shape index (κ1) is 12.3. The minimum absolute atomic E-state index is 0.0798. The van der Waals surface area contributed by atoms with Crippen LogP contribution in [0.5, 0.6) is 0 Å². The summed E-state index contributed by atoms with van der Waals surface area (Å²) in [6, 6.07) is 4.24. The second-order valence-electron chi connectivity index (χ2n) is 4.68. The fourth-order valence-electron chi connectivity index (χ4n) is 1.91. The van der Waals surface area contributed by atoms with Crippen molar-refractivity contribution >= 4 is 17.3 Å². The van der Waals surface area contributed by atoms with Crippen molar-refractivity contribution in [3.05, 3.63) is 33.9 Å². The van der Waals surface area contributed by atoms with Gasteiger partial charge in [0.25, 0.3) is 11.6 Å². The summed E-state index contributed by atoms with van der Waals surface area (Å²) in [6.07, 6.45) is 1.12. The van der Waals surface area contributed by atoms with Gasteiger partial charge in [0.2, 0.25) is 0 Å². The van der Waals surface area contributed by atoms with Crippen LogP contribution < -0.4 is 11.1 Å². The van der Waals surface area contributed by atoms with E-state index in [-0.39, 0.29) is 22.8 Å². The number of nitrogens with one attached hydrogen (secondary N) is 1. The van der Waals surface area contributed by atoms with Crippen LogP contribution in [0.15, 0.2) is 18.2 Å². The van der Waals surface area contributed by atoms with E-state index < -0.39 is 4.92 Å². The van der Waals surface area contributed by atoms with Crippen LogP contribution in [0.1, 0.15) is 23.7 Å². The van der Waals surface area contributed by atoms with Gasteiger partial charge < -0.3 is 11.1 Å². The molecule has 1 aliphatic carbocycles. The highest BCUT2D eigenvalue weighted by molar-refractivity contribution is 6.00. The second-order valence-corrected chi connectivity index (χ2v) is 4.68. The van der Waals surface area contributed by atoms with Crippen LogP contribution in [0.2, 0.25) is 0 Å². The number of carbonyl (C=O) groups excluding carboxylic acids is 1. The Morgan fingerprint density at radius 3 is 2.83 bits per heavy atom. The molecule has 0 radical (unpaired) electrons. The number of amides is 1. The topological polar surface area (TPSA) is 98.3 Å². The molecule has 1 fully saturated rings. The summed E-state index contributed by atoms with van der Waals surface area (Å²) in [7, 11) is 0. The Kier molecular flexibility index (Phi) is 3.18. The van der Waals surface area contributed by atoms with Crippen LogP contribution in [-0.2, 0) is 0 Å². The number of carbonyl (C=O) groups is 1. The number of nitrogens with zero attached hydrogens (tertiary/aromatic N) is 1. The molecule has 2 unspecified atom stereocenters. The second kappa shape index (κ2) is 4.64. The molecule has 18 heavy (non-hydrogen) atoms. The van der Waals surface area contributed by atoms with Crippen LogP contribution in [0.3, 0.4) is 0 Å². The van der Waals surface area contributed by atoms with Crippen molar-refractivity contribution in [2.45, 2.75) is 13.3 Å². The summed E-state index contributed by atoms with van der Waals surface area (Å²) in [5.41, 5.74) is 5.48. The first-order valence-corrected chi connectivity index (χ1v) is 5.81. The minimum atomic E-state index is -0.588. The summed E-state index contributed by atoms with van der Waals surface area (Å²) in [4.78, 5) is 22.0. The van der Waals surface area contributed by atoms with E-state index in [2.05, 4.69) is 12.2 Å². The van der Waals surface area contributed by atoms with Gasteiger partial charge in [0.15, 0.2) is 0 Å². The highest BCUT2D eigenvalue weighted by Crippen LogP contribution is 2.36. The molecule has 1 aliphatic rings. The molecule has 6 heteroatoms. The normalized spacial score (nSPS) is 21.4. The maximum absolute atomic E-state index is 11.9. The number of para-hydroxylation sites is 1. The Balaban J connectivity index is 2.09. The van der Waals surface area contributed by atoms with Crippen LogP contribution in [-0.4, -0.2) is 17.4 Å². The number of anilines is 1. The highest BCUT2D eigenvalue weighted by Gasteiger charge is 2.32. The van der Waals surface area contributed by atoms with Crippen LogP contribution in [0.25, 0.3) is 0 Å². The van der Waals surface area contributed by atoms with Gasteiger partial charge in [-0.1, -0.05) is 13.0 Å². The number of nitro groups is 1. The molecule has 2 rings (SSSR count). The van der Waals surface area contributed by atoms with Crippen LogP contribution in [0, 0.1) is 22.0 Å². The zero-order valence-electron chi connectivity index (χ0n) is 10.1. The highest BCUT2D eigenvalue weighted by atomic mass is 16.6. The third kappa shape index (κ3) is 2.42. The number of benzene rings is 1. The third-order valence-electron chi connectivity index (χ3n) is 3.33. The number of hydrogen-bond acceptors (Lipinski definition) is 4. The lowest BCUT2D eigenvalue weighted by molar-refractivity contribution is -0.383. The maximum Gasteiger partial charge on any atom is 0.292 e. The van der Waals surface area contributed by atoms with E-state index in [0.717, 1.165) is 6.42 Å². The van der Waals surface area contributed by atoms with Crippen molar-refractivity contribution < 1.29 is 9.72 Å². The number of nitrogens with two attached hydrogens (primary N) is 1. The molecule has 96 valence electrons. The van der Waals surface area contributed by atoms with Gasteiger partial charge in [-0.3, -0.25) is 14.9 Å². The zero-order valence-corrected chi connectivity index (χ0v) is 10.1. The fraction of sp³-hybridized carbons (Fsp3) is 0.417. The van der Waals surface area contributed by atoms with Gasteiger partial charge in [-0.15, -0.1) is 0 Å². The van der Waals surface area contributed by atoms with E-state index in [9.17, 15) is 14.9 Å². The first-order chi connectivity index (χ1) is 8.50. The summed E-state index contributed by atoms with van der Waals surface area (Å²) < 4.78 is 0.